The zero-order valence-corrected chi connectivity index (χ0v) is 7.76. The highest BCUT2D eigenvalue weighted by Crippen LogP contribution is 2.38. The van der Waals surface area contributed by atoms with Gasteiger partial charge in [-0.15, -0.1) is 0 Å². The van der Waals surface area contributed by atoms with E-state index in [-0.39, 0.29) is 0 Å². The lowest BCUT2D eigenvalue weighted by Crippen LogP contribution is -2.19. The van der Waals surface area contributed by atoms with Crippen LogP contribution in [0.15, 0.2) is 18.2 Å². The van der Waals surface area contributed by atoms with Crippen molar-refractivity contribution in [2.24, 2.45) is 5.73 Å². The summed E-state index contributed by atoms with van der Waals surface area (Å²) >= 11 is 0. The van der Waals surface area contributed by atoms with Crippen molar-refractivity contribution in [3.05, 3.63) is 29.3 Å². The Morgan fingerprint density at radius 3 is 2.40 bits per heavy atom. The van der Waals surface area contributed by atoms with Crippen molar-refractivity contribution >= 4 is 5.91 Å². The summed E-state index contributed by atoms with van der Waals surface area (Å²) in [6.07, 6.45) is -4.67. The summed E-state index contributed by atoms with van der Waals surface area (Å²) in [7, 11) is 1.09. The Balaban J connectivity index is 3.47. The monoisotopic (exact) mass is 219 g/mol. The van der Waals surface area contributed by atoms with E-state index in [4.69, 9.17) is 5.73 Å². The predicted octanol–water partition coefficient (Wildman–Crippen LogP) is 1.81. The van der Waals surface area contributed by atoms with Crippen LogP contribution >= 0.6 is 0 Å². The van der Waals surface area contributed by atoms with E-state index >= 15 is 0 Å². The summed E-state index contributed by atoms with van der Waals surface area (Å²) in [4.78, 5) is 10.8. The Morgan fingerprint density at radius 2 is 2.00 bits per heavy atom. The minimum atomic E-state index is -4.67. The number of carbonyl (C=O) groups excluding carboxylic acids is 1. The number of benzene rings is 1. The lowest BCUT2D eigenvalue weighted by atomic mass is 10.1. The molecular formula is C9H8F3NO2. The molecule has 0 fully saturated rings. The van der Waals surface area contributed by atoms with Gasteiger partial charge in [-0.3, -0.25) is 4.79 Å². The van der Waals surface area contributed by atoms with Crippen LogP contribution in [0, 0.1) is 0 Å². The largest absolute Gasteiger partial charge is 0.496 e. The maximum atomic E-state index is 12.6. The first kappa shape index (κ1) is 11.4. The van der Waals surface area contributed by atoms with Crippen molar-refractivity contribution in [2.75, 3.05) is 7.11 Å². The van der Waals surface area contributed by atoms with E-state index in [0.717, 1.165) is 19.2 Å². The third-order valence-electron chi connectivity index (χ3n) is 1.80. The average Bonchev–Trinajstić information content (AvgIpc) is 2.15. The molecule has 1 aromatic carbocycles. The number of ether oxygens (including phenoxy) is 1. The molecule has 2 N–H and O–H groups in total. The molecule has 0 bridgehead atoms. The van der Waals surface area contributed by atoms with Crippen LogP contribution in [0.3, 0.4) is 0 Å². The average molecular weight is 219 g/mol. The van der Waals surface area contributed by atoms with Crippen LogP contribution in [0.2, 0.25) is 0 Å². The molecule has 0 aliphatic rings. The molecule has 0 saturated carbocycles. The van der Waals surface area contributed by atoms with Crippen LogP contribution < -0.4 is 10.5 Å². The molecule has 0 aromatic heterocycles. The Bertz CT molecular complexity index is 387. The molecule has 6 heteroatoms. The molecule has 1 amide bonds. The Labute approximate surface area is 83.6 Å². The third-order valence-corrected chi connectivity index (χ3v) is 1.80. The quantitative estimate of drug-likeness (QED) is 0.824. The molecule has 3 nitrogen and oxygen atoms in total. The number of carbonyl (C=O) groups is 1. The molecule has 0 aliphatic carbocycles. The second kappa shape index (κ2) is 3.80. The lowest BCUT2D eigenvalue weighted by molar-refractivity contribution is -0.139. The zero-order chi connectivity index (χ0) is 11.6. The smallest absolute Gasteiger partial charge is 0.420 e. The second-order valence-electron chi connectivity index (χ2n) is 2.74. The predicted molar refractivity (Wildman–Crippen MR) is 46.5 cm³/mol. The van der Waals surface area contributed by atoms with Gasteiger partial charge < -0.3 is 10.5 Å². The lowest BCUT2D eigenvalue weighted by Gasteiger charge is -2.14. The SMILES string of the molecule is COc1cccc(C(N)=O)c1C(F)(F)F. The van der Waals surface area contributed by atoms with E-state index in [2.05, 4.69) is 4.74 Å². The molecule has 0 atom stereocenters. The van der Waals surface area contributed by atoms with Gasteiger partial charge in [-0.05, 0) is 12.1 Å². The van der Waals surface area contributed by atoms with Crippen LogP contribution in [0.25, 0.3) is 0 Å². The highest BCUT2D eigenvalue weighted by Gasteiger charge is 2.38. The van der Waals surface area contributed by atoms with Gasteiger partial charge >= 0.3 is 6.18 Å². The van der Waals surface area contributed by atoms with Gasteiger partial charge in [0.1, 0.15) is 11.3 Å². The van der Waals surface area contributed by atoms with Crippen LogP contribution in [0.5, 0.6) is 5.75 Å². The number of nitrogens with two attached hydrogens (primary N) is 1. The van der Waals surface area contributed by atoms with Crippen molar-refractivity contribution in [3.63, 3.8) is 0 Å². The molecule has 0 radical (unpaired) electrons. The third kappa shape index (κ3) is 2.20. The zero-order valence-electron chi connectivity index (χ0n) is 7.76. The van der Waals surface area contributed by atoms with Crippen molar-refractivity contribution in [3.8, 4) is 5.75 Å². The van der Waals surface area contributed by atoms with E-state index < -0.39 is 29.0 Å². The summed E-state index contributed by atoms with van der Waals surface area (Å²) in [5, 5.41) is 0. The summed E-state index contributed by atoms with van der Waals surface area (Å²) in [5.41, 5.74) is 3.11. The van der Waals surface area contributed by atoms with Crippen LogP contribution in [-0.4, -0.2) is 13.0 Å². The van der Waals surface area contributed by atoms with Gasteiger partial charge in [-0.25, -0.2) is 0 Å². The van der Waals surface area contributed by atoms with Gasteiger partial charge in [0.2, 0.25) is 5.91 Å². The normalized spacial score (nSPS) is 11.2. The summed E-state index contributed by atoms with van der Waals surface area (Å²) < 4.78 is 42.2. The first-order valence-corrected chi connectivity index (χ1v) is 3.92. The first-order valence-electron chi connectivity index (χ1n) is 3.92. The Morgan fingerprint density at radius 1 is 1.40 bits per heavy atom. The van der Waals surface area contributed by atoms with Crippen molar-refractivity contribution in [2.45, 2.75) is 6.18 Å². The number of halogens is 3. The molecule has 0 saturated heterocycles. The molecular weight excluding hydrogens is 211 g/mol. The van der Waals surface area contributed by atoms with Gasteiger partial charge in [0.25, 0.3) is 0 Å². The van der Waals surface area contributed by atoms with Crippen molar-refractivity contribution in [1.29, 1.82) is 0 Å². The number of hydrogen-bond acceptors (Lipinski definition) is 2. The highest BCUT2D eigenvalue weighted by molar-refractivity contribution is 5.95. The number of rotatable bonds is 2. The molecule has 0 heterocycles. The molecule has 82 valence electrons. The van der Waals surface area contributed by atoms with Crippen molar-refractivity contribution in [1.82, 2.24) is 0 Å². The number of hydrogen-bond donors (Lipinski definition) is 1. The van der Waals surface area contributed by atoms with E-state index in [1.54, 1.807) is 0 Å². The minimum Gasteiger partial charge on any atom is -0.496 e. The number of primary amides is 1. The topological polar surface area (TPSA) is 52.3 Å². The van der Waals surface area contributed by atoms with Gasteiger partial charge in [-0.1, -0.05) is 6.07 Å². The molecule has 0 spiro atoms. The Kier molecular flexibility index (Phi) is 2.88. The fourth-order valence-corrected chi connectivity index (χ4v) is 1.20. The standard InChI is InChI=1S/C9H8F3NO2/c1-15-6-4-2-3-5(8(13)14)7(6)9(10,11)12/h2-4H,1H3,(H2,13,14). The maximum absolute atomic E-state index is 12.6. The van der Waals surface area contributed by atoms with E-state index in [1.807, 2.05) is 0 Å². The summed E-state index contributed by atoms with van der Waals surface area (Å²) in [6.45, 7) is 0. The van der Waals surface area contributed by atoms with Gasteiger partial charge in [-0.2, -0.15) is 13.2 Å². The molecule has 15 heavy (non-hydrogen) atoms. The molecule has 1 aromatic rings. The fraction of sp³-hybridized carbons (Fsp3) is 0.222. The van der Waals surface area contributed by atoms with E-state index in [0.29, 0.717) is 0 Å². The Hall–Kier alpha value is -1.72. The minimum absolute atomic E-state index is 0.418. The summed E-state index contributed by atoms with van der Waals surface area (Å²) in [6, 6.07) is 3.40. The highest BCUT2D eigenvalue weighted by atomic mass is 19.4. The van der Waals surface area contributed by atoms with E-state index in [9.17, 15) is 18.0 Å². The number of amides is 1. The maximum Gasteiger partial charge on any atom is 0.420 e. The molecule has 0 aliphatic heterocycles. The van der Waals surface area contributed by atoms with Gasteiger partial charge in [0, 0.05) is 0 Å². The van der Waals surface area contributed by atoms with Crippen LogP contribution in [0.4, 0.5) is 13.2 Å². The number of alkyl halides is 3. The van der Waals surface area contributed by atoms with Crippen molar-refractivity contribution < 1.29 is 22.7 Å². The van der Waals surface area contributed by atoms with Crippen LogP contribution in [-0.2, 0) is 6.18 Å². The number of methoxy groups -OCH3 is 1. The first-order chi connectivity index (χ1) is 6.88. The second-order valence-corrected chi connectivity index (χ2v) is 2.74. The summed E-state index contributed by atoms with van der Waals surface area (Å²) in [5.74, 6) is -1.56. The molecule has 1 rings (SSSR count). The van der Waals surface area contributed by atoms with Gasteiger partial charge in [0.15, 0.2) is 0 Å². The van der Waals surface area contributed by atoms with Crippen LogP contribution in [0.1, 0.15) is 15.9 Å². The fourth-order valence-electron chi connectivity index (χ4n) is 1.20. The van der Waals surface area contributed by atoms with Gasteiger partial charge in [0.05, 0.1) is 12.7 Å². The van der Waals surface area contributed by atoms with E-state index in [1.165, 1.54) is 6.07 Å². The molecule has 0 unspecified atom stereocenters.